The maximum atomic E-state index is 13.5. The Hall–Kier alpha value is -0.450. The molecule has 0 amide bonds. The highest BCUT2D eigenvalue weighted by Crippen LogP contribution is 2.26. The topological polar surface area (TPSA) is 21.3 Å². The molecule has 1 atom stereocenters. The Balaban J connectivity index is 2.27. The number of ether oxygens (including phenoxy) is 1. The molecule has 1 N–H and O–H groups in total. The van der Waals surface area contributed by atoms with Crippen molar-refractivity contribution in [3.63, 3.8) is 0 Å². The second-order valence-electron chi connectivity index (χ2n) is 3.67. The van der Waals surface area contributed by atoms with Gasteiger partial charge < -0.3 is 10.1 Å². The highest BCUT2D eigenvalue weighted by Gasteiger charge is 2.17. The molecular weight excluding hydrogens is 261 g/mol. The first kappa shape index (κ1) is 11.0. The second kappa shape index (κ2) is 4.60. The average Bonchev–Trinajstić information content (AvgIpc) is 2.26. The van der Waals surface area contributed by atoms with Crippen LogP contribution in [0.5, 0.6) is 0 Å². The number of halogens is 2. The van der Waals surface area contributed by atoms with Gasteiger partial charge in [0.2, 0.25) is 0 Å². The highest BCUT2D eigenvalue weighted by atomic mass is 79.9. The summed E-state index contributed by atoms with van der Waals surface area (Å²) in [5, 5.41) is 3.22. The van der Waals surface area contributed by atoms with Gasteiger partial charge in [-0.2, -0.15) is 0 Å². The first-order valence-electron chi connectivity index (χ1n) is 4.96. The number of rotatable bonds is 1. The van der Waals surface area contributed by atoms with Crippen molar-refractivity contribution in [2.24, 2.45) is 0 Å². The van der Waals surface area contributed by atoms with Crippen LogP contribution in [0.1, 0.15) is 17.2 Å². The molecule has 1 heterocycles. The van der Waals surface area contributed by atoms with Gasteiger partial charge in [0.05, 0.1) is 12.7 Å². The molecule has 1 saturated heterocycles. The normalized spacial score (nSPS) is 21.7. The monoisotopic (exact) mass is 273 g/mol. The van der Waals surface area contributed by atoms with Gasteiger partial charge in [0.15, 0.2) is 0 Å². The Morgan fingerprint density at radius 3 is 2.93 bits per heavy atom. The number of nitrogens with one attached hydrogen (secondary N) is 1. The molecule has 1 aliphatic heterocycles. The molecule has 0 radical (unpaired) electrons. The zero-order valence-electron chi connectivity index (χ0n) is 8.52. The lowest BCUT2D eigenvalue weighted by Gasteiger charge is -2.24. The minimum absolute atomic E-state index is 0.0369. The minimum Gasteiger partial charge on any atom is -0.371 e. The van der Waals surface area contributed by atoms with Gasteiger partial charge in [0.25, 0.3) is 0 Å². The Morgan fingerprint density at radius 1 is 1.53 bits per heavy atom. The smallest absolute Gasteiger partial charge is 0.127 e. The molecule has 4 heteroatoms. The van der Waals surface area contributed by atoms with Crippen molar-refractivity contribution in [1.82, 2.24) is 5.32 Å². The van der Waals surface area contributed by atoms with Crippen LogP contribution in [0.3, 0.4) is 0 Å². The maximum absolute atomic E-state index is 13.5. The summed E-state index contributed by atoms with van der Waals surface area (Å²) >= 11 is 3.35. The quantitative estimate of drug-likeness (QED) is 0.849. The molecule has 1 aromatic carbocycles. The lowest BCUT2D eigenvalue weighted by atomic mass is 10.1. The van der Waals surface area contributed by atoms with E-state index in [1.165, 1.54) is 0 Å². The molecule has 2 nitrogen and oxygen atoms in total. The average molecular weight is 274 g/mol. The van der Waals surface area contributed by atoms with Crippen molar-refractivity contribution >= 4 is 15.9 Å². The van der Waals surface area contributed by atoms with E-state index in [9.17, 15) is 4.39 Å². The maximum Gasteiger partial charge on any atom is 0.127 e. The number of morpholine rings is 1. The van der Waals surface area contributed by atoms with Gasteiger partial charge in [-0.15, -0.1) is 0 Å². The van der Waals surface area contributed by atoms with Gasteiger partial charge >= 0.3 is 0 Å². The highest BCUT2D eigenvalue weighted by molar-refractivity contribution is 9.10. The summed E-state index contributed by atoms with van der Waals surface area (Å²) < 4.78 is 19.9. The van der Waals surface area contributed by atoms with Crippen molar-refractivity contribution < 1.29 is 9.13 Å². The second-order valence-corrected chi connectivity index (χ2v) is 4.53. The van der Waals surface area contributed by atoms with Crippen LogP contribution in [0, 0.1) is 12.7 Å². The fourth-order valence-electron chi connectivity index (χ4n) is 1.63. The van der Waals surface area contributed by atoms with E-state index >= 15 is 0 Å². The van der Waals surface area contributed by atoms with Crippen LogP contribution in [0.4, 0.5) is 4.39 Å². The molecule has 0 saturated carbocycles. The van der Waals surface area contributed by atoms with Crippen LogP contribution < -0.4 is 5.32 Å². The summed E-state index contributed by atoms with van der Waals surface area (Å²) in [6.45, 7) is 4.04. The van der Waals surface area contributed by atoms with Crippen LogP contribution in [0.25, 0.3) is 0 Å². The Bertz CT molecular complexity index is 341. The predicted octanol–water partition coefficient (Wildman–Crippen LogP) is 2.56. The fourth-order valence-corrected chi connectivity index (χ4v) is 2.08. The van der Waals surface area contributed by atoms with Gasteiger partial charge in [-0.25, -0.2) is 4.39 Å². The van der Waals surface area contributed by atoms with Crippen LogP contribution in [0.15, 0.2) is 16.6 Å². The molecule has 2 rings (SSSR count). The van der Waals surface area contributed by atoms with E-state index in [4.69, 9.17) is 4.74 Å². The lowest BCUT2D eigenvalue weighted by Crippen LogP contribution is -2.33. The number of hydrogen-bond donors (Lipinski definition) is 1. The lowest BCUT2D eigenvalue weighted by molar-refractivity contribution is 0.0275. The summed E-state index contributed by atoms with van der Waals surface area (Å²) in [4.78, 5) is 0. The zero-order valence-corrected chi connectivity index (χ0v) is 10.1. The zero-order chi connectivity index (χ0) is 10.8. The molecule has 1 aromatic rings. The fraction of sp³-hybridized carbons (Fsp3) is 0.455. The number of benzene rings is 1. The third kappa shape index (κ3) is 2.38. The van der Waals surface area contributed by atoms with E-state index in [1.54, 1.807) is 13.0 Å². The molecule has 1 fully saturated rings. The molecule has 0 aromatic heterocycles. The van der Waals surface area contributed by atoms with E-state index in [0.717, 1.165) is 23.1 Å². The molecular formula is C11H13BrFNO. The van der Waals surface area contributed by atoms with Gasteiger partial charge in [-0.3, -0.25) is 0 Å². The molecule has 0 bridgehead atoms. The first-order chi connectivity index (χ1) is 7.18. The van der Waals surface area contributed by atoms with E-state index in [0.29, 0.717) is 12.2 Å². The van der Waals surface area contributed by atoms with Crippen LogP contribution in [-0.2, 0) is 4.74 Å². The standard InChI is InChI=1S/C11H13BrFNO/c1-7-9(12)4-8(5-10(7)13)11-6-14-2-3-15-11/h4-5,11,14H,2-3,6H2,1H3. The van der Waals surface area contributed by atoms with E-state index in [2.05, 4.69) is 21.2 Å². The summed E-state index contributed by atoms with van der Waals surface area (Å²) in [6.07, 6.45) is -0.0369. The van der Waals surface area contributed by atoms with Gasteiger partial charge in [-0.1, -0.05) is 15.9 Å². The summed E-state index contributed by atoms with van der Waals surface area (Å²) in [5.74, 6) is -0.187. The molecule has 1 aliphatic rings. The largest absolute Gasteiger partial charge is 0.371 e. The third-order valence-electron chi connectivity index (χ3n) is 2.60. The van der Waals surface area contributed by atoms with Gasteiger partial charge in [0.1, 0.15) is 5.82 Å². The van der Waals surface area contributed by atoms with Crippen molar-refractivity contribution in [2.45, 2.75) is 13.0 Å². The van der Waals surface area contributed by atoms with Gasteiger partial charge in [0, 0.05) is 17.6 Å². The summed E-state index contributed by atoms with van der Waals surface area (Å²) in [5.41, 5.74) is 1.53. The van der Waals surface area contributed by atoms with Crippen molar-refractivity contribution in [2.75, 3.05) is 19.7 Å². The molecule has 1 unspecified atom stereocenters. The van der Waals surface area contributed by atoms with Crippen molar-refractivity contribution in [1.29, 1.82) is 0 Å². The van der Waals surface area contributed by atoms with Crippen LogP contribution in [-0.4, -0.2) is 19.7 Å². The minimum atomic E-state index is -0.187. The summed E-state index contributed by atoms with van der Waals surface area (Å²) in [6, 6.07) is 3.48. The molecule has 82 valence electrons. The Labute approximate surface area is 96.9 Å². The van der Waals surface area contributed by atoms with Crippen LogP contribution in [0.2, 0.25) is 0 Å². The van der Waals surface area contributed by atoms with E-state index < -0.39 is 0 Å². The summed E-state index contributed by atoms with van der Waals surface area (Å²) in [7, 11) is 0. The molecule has 15 heavy (non-hydrogen) atoms. The van der Waals surface area contributed by atoms with Crippen molar-refractivity contribution in [3.05, 3.63) is 33.5 Å². The SMILES string of the molecule is Cc1c(F)cc(C2CNCCO2)cc1Br. The molecule has 0 aliphatic carbocycles. The predicted molar refractivity (Wildman–Crippen MR) is 60.4 cm³/mol. The number of hydrogen-bond acceptors (Lipinski definition) is 2. The van der Waals surface area contributed by atoms with E-state index in [1.807, 2.05) is 6.07 Å². The van der Waals surface area contributed by atoms with Crippen molar-refractivity contribution in [3.8, 4) is 0 Å². The first-order valence-corrected chi connectivity index (χ1v) is 5.75. The Morgan fingerprint density at radius 2 is 2.33 bits per heavy atom. The Kier molecular flexibility index (Phi) is 3.38. The molecule has 0 spiro atoms. The van der Waals surface area contributed by atoms with Crippen LogP contribution >= 0.6 is 15.9 Å². The van der Waals surface area contributed by atoms with Gasteiger partial charge in [-0.05, 0) is 30.2 Å². The van der Waals surface area contributed by atoms with E-state index in [-0.39, 0.29) is 11.9 Å². The third-order valence-corrected chi connectivity index (χ3v) is 3.43.